The molecule has 0 radical (unpaired) electrons. The van der Waals surface area contributed by atoms with E-state index in [0.29, 0.717) is 47.0 Å². The molecule has 1 aliphatic rings. The second kappa shape index (κ2) is 12.0. The van der Waals surface area contributed by atoms with Gasteiger partial charge in [-0.3, -0.25) is 9.36 Å². The number of thiazole rings is 1. The molecular formula is C30H23Cl3N2O4S. The van der Waals surface area contributed by atoms with Gasteiger partial charge in [-0.25, -0.2) is 9.79 Å². The van der Waals surface area contributed by atoms with Crippen molar-refractivity contribution in [3.8, 4) is 5.75 Å². The van der Waals surface area contributed by atoms with Crippen LogP contribution in [0, 0.1) is 0 Å². The smallest absolute Gasteiger partial charge is 0.338 e. The summed E-state index contributed by atoms with van der Waals surface area (Å²) in [7, 11) is 0. The van der Waals surface area contributed by atoms with Crippen molar-refractivity contribution in [3.63, 3.8) is 0 Å². The minimum Gasteiger partial charge on any atom is -0.488 e. The molecule has 0 spiro atoms. The molecule has 1 aromatic heterocycles. The maximum Gasteiger partial charge on any atom is 0.338 e. The third kappa shape index (κ3) is 5.60. The molecular weight excluding hydrogens is 591 g/mol. The zero-order valence-electron chi connectivity index (χ0n) is 21.5. The van der Waals surface area contributed by atoms with E-state index in [-0.39, 0.29) is 24.3 Å². The third-order valence-electron chi connectivity index (χ3n) is 6.32. The van der Waals surface area contributed by atoms with Gasteiger partial charge in [-0.2, -0.15) is 0 Å². The van der Waals surface area contributed by atoms with Gasteiger partial charge in [0.25, 0.3) is 5.56 Å². The number of hydrogen-bond donors (Lipinski definition) is 0. The van der Waals surface area contributed by atoms with Gasteiger partial charge in [0.2, 0.25) is 0 Å². The summed E-state index contributed by atoms with van der Waals surface area (Å²) in [6.07, 6.45) is 1.76. The molecule has 2 heterocycles. The van der Waals surface area contributed by atoms with Crippen LogP contribution in [-0.4, -0.2) is 17.1 Å². The van der Waals surface area contributed by atoms with Crippen LogP contribution in [0.25, 0.3) is 6.08 Å². The average Bonchev–Trinajstić information content (AvgIpc) is 3.22. The van der Waals surface area contributed by atoms with Crippen LogP contribution in [0.15, 0.2) is 87.8 Å². The highest BCUT2D eigenvalue weighted by Crippen LogP contribution is 2.34. The fourth-order valence-corrected chi connectivity index (χ4v) is 6.19. The summed E-state index contributed by atoms with van der Waals surface area (Å²) >= 11 is 20.1. The molecule has 0 amide bonds. The SMILES string of the molecule is CCOC(=O)C1=C(C)N=c2sc(=Cc3ccccc3OCc3ccc(Cl)cc3Cl)c(=O)n2C1c1ccccc1Cl. The van der Waals surface area contributed by atoms with Gasteiger partial charge in [0.05, 0.1) is 22.4 Å². The van der Waals surface area contributed by atoms with Crippen molar-refractivity contribution >= 4 is 58.2 Å². The van der Waals surface area contributed by atoms with E-state index in [0.717, 1.165) is 5.56 Å². The van der Waals surface area contributed by atoms with Crippen LogP contribution < -0.4 is 19.6 Å². The van der Waals surface area contributed by atoms with Gasteiger partial charge in [0, 0.05) is 26.2 Å². The molecule has 0 saturated heterocycles. The summed E-state index contributed by atoms with van der Waals surface area (Å²) in [5.74, 6) is 0.0351. The Balaban J connectivity index is 1.60. The van der Waals surface area contributed by atoms with Crippen molar-refractivity contribution in [2.45, 2.75) is 26.5 Å². The summed E-state index contributed by atoms with van der Waals surface area (Å²) in [6.45, 7) is 3.87. The summed E-state index contributed by atoms with van der Waals surface area (Å²) < 4.78 is 13.4. The Morgan fingerprint density at radius 1 is 1.05 bits per heavy atom. The first-order valence-corrected chi connectivity index (χ1v) is 14.3. The minimum absolute atomic E-state index is 0.188. The molecule has 4 aromatic rings. The van der Waals surface area contributed by atoms with Crippen molar-refractivity contribution < 1.29 is 14.3 Å². The predicted molar refractivity (Wildman–Crippen MR) is 159 cm³/mol. The van der Waals surface area contributed by atoms with Gasteiger partial charge in [0.1, 0.15) is 18.4 Å². The van der Waals surface area contributed by atoms with E-state index in [2.05, 4.69) is 4.99 Å². The number of esters is 1. The molecule has 0 N–H and O–H groups in total. The molecule has 1 aliphatic heterocycles. The number of carbonyl (C=O) groups is 1. The fourth-order valence-electron chi connectivity index (χ4n) is 4.45. The number of fused-ring (bicyclic) bond motifs is 1. The molecule has 6 nitrogen and oxygen atoms in total. The highest BCUT2D eigenvalue weighted by molar-refractivity contribution is 7.07. The first-order chi connectivity index (χ1) is 19.3. The van der Waals surface area contributed by atoms with Gasteiger partial charge in [-0.05, 0) is 49.8 Å². The Bertz CT molecular complexity index is 1830. The zero-order chi connectivity index (χ0) is 28.4. The van der Waals surface area contributed by atoms with Crippen LogP contribution in [-0.2, 0) is 16.1 Å². The Morgan fingerprint density at radius 2 is 1.80 bits per heavy atom. The summed E-state index contributed by atoms with van der Waals surface area (Å²) in [4.78, 5) is 32.0. The van der Waals surface area contributed by atoms with Crippen molar-refractivity contribution in [2.75, 3.05) is 6.61 Å². The number of aromatic nitrogens is 1. The molecule has 0 fully saturated rings. The molecule has 10 heteroatoms. The van der Waals surface area contributed by atoms with Crippen LogP contribution >= 0.6 is 46.1 Å². The average molecular weight is 614 g/mol. The van der Waals surface area contributed by atoms with Crippen LogP contribution in [0.3, 0.4) is 0 Å². The lowest BCUT2D eigenvalue weighted by molar-refractivity contribution is -0.139. The third-order valence-corrected chi connectivity index (χ3v) is 8.23. The van der Waals surface area contributed by atoms with Crippen LogP contribution in [0.1, 0.15) is 36.6 Å². The van der Waals surface area contributed by atoms with Gasteiger partial charge in [-0.1, -0.05) is 88.6 Å². The molecule has 0 saturated carbocycles. The summed E-state index contributed by atoms with van der Waals surface area (Å²) in [5, 5.41) is 1.48. The lowest BCUT2D eigenvalue weighted by Gasteiger charge is -2.25. The van der Waals surface area contributed by atoms with Gasteiger partial charge < -0.3 is 9.47 Å². The molecule has 1 atom stereocenters. The predicted octanol–water partition coefficient (Wildman–Crippen LogP) is 6.34. The number of halogens is 3. The number of nitrogens with zero attached hydrogens (tertiary/aromatic N) is 2. The second-order valence-electron chi connectivity index (χ2n) is 8.89. The topological polar surface area (TPSA) is 69.9 Å². The van der Waals surface area contributed by atoms with Crippen molar-refractivity contribution in [1.82, 2.24) is 4.57 Å². The maximum absolute atomic E-state index is 13.9. The van der Waals surface area contributed by atoms with Crippen LogP contribution in [0.5, 0.6) is 5.75 Å². The minimum atomic E-state index is -0.787. The highest BCUT2D eigenvalue weighted by Gasteiger charge is 2.34. The number of benzene rings is 3. The molecule has 0 aliphatic carbocycles. The van der Waals surface area contributed by atoms with Crippen LogP contribution in [0.4, 0.5) is 0 Å². The Labute approximate surface area is 249 Å². The Kier molecular flexibility index (Phi) is 8.47. The first kappa shape index (κ1) is 28.2. The fraction of sp³-hybridized carbons (Fsp3) is 0.167. The molecule has 3 aromatic carbocycles. The van der Waals surface area contributed by atoms with Crippen molar-refractivity contribution in [1.29, 1.82) is 0 Å². The molecule has 0 bridgehead atoms. The van der Waals surface area contributed by atoms with E-state index in [1.165, 1.54) is 15.9 Å². The highest BCUT2D eigenvalue weighted by atomic mass is 35.5. The monoisotopic (exact) mass is 612 g/mol. The summed E-state index contributed by atoms with van der Waals surface area (Å²) in [6, 6.07) is 19.0. The number of rotatable bonds is 7. The van der Waals surface area contributed by atoms with Gasteiger partial charge in [0.15, 0.2) is 4.80 Å². The van der Waals surface area contributed by atoms with E-state index >= 15 is 0 Å². The largest absolute Gasteiger partial charge is 0.488 e. The standard InChI is InChI=1S/C30H23Cl3N2O4S/c1-3-38-29(37)26-17(2)34-30-35(27(26)21-9-5-6-10-22(21)32)28(36)25(40-30)14-18-8-4-7-11-24(18)39-16-19-12-13-20(31)15-23(19)33/h4-15,27H,3,16H2,1-2H3. The molecule has 40 heavy (non-hydrogen) atoms. The molecule has 1 unspecified atom stereocenters. The van der Waals surface area contributed by atoms with Gasteiger partial charge in [-0.15, -0.1) is 0 Å². The Hall–Kier alpha value is -3.36. The summed E-state index contributed by atoms with van der Waals surface area (Å²) in [5.41, 5.74) is 2.53. The lowest BCUT2D eigenvalue weighted by Crippen LogP contribution is -2.40. The number of carbonyl (C=O) groups excluding carboxylic acids is 1. The first-order valence-electron chi connectivity index (χ1n) is 12.4. The van der Waals surface area contributed by atoms with E-state index < -0.39 is 12.0 Å². The number of hydrogen-bond acceptors (Lipinski definition) is 6. The number of ether oxygens (including phenoxy) is 2. The second-order valence-corrected chi connectivity index (χ2v) is 11.1. The van der Waals surface area contributed by atoms with Gasteiger partial charge >= 0.3 is 5.97 Å². The number of allylic oxidation sites excluding steroid dienone is 1. The molecule has 204 valence electrons. The normalized spacial score (nSPS) is 15.0. The zero-order valence-corrected chi connectivity index (χ0v) is 24.6. The quantitative estimate of drug-likeness (QED) is 0.228. The number of para-hydroxylation sites is 1. The van der Waals surface area contributed by atoms with Crippen molar-refractivity contribution in [2.24, 2.45) is 4.99 Å². The van der Waals surface area contributed by atoms with E-state index in [4.69, 9.17) is 44.3 Å². The van der Waals surface area contributed by atoms with E-state index in [1.54, 1.807) is 50.3 Å². The maximum atomic E-state index is 13.9. The van der Waals surface area contributed by atoms with E-state index in [9.17, 15) is 9.59 Å². The molecule has 5 rings (SSSR count). The van der Waals surface area contributed by atoms with Crippen LogP contribution in [0.2, 0.25) is 15.1 Å². The Morgan fingerprint density at radius 3 is 2.55 bits per heavy atom. The lowest BCUT2D eigenvalue weighted by atomic mass is 9.96. The van der Waals surface area contributed by atoms with Crippen molar-refractivity contribution in [3.05, 3.63) is 129 Å². The van der Waals surface area contributed by atoms with E-state index in [1.807, 2.05) is 36.4 Å².